The van der Waals surface area contributed by atoms with Gasteiger partial charge in [-0.05, 0) is 31.4 Å². The predicted octanol–water partition coefficient (Wildman–Crippen LogP) is 2.85. The lowest BCUT2D eigenvalue weighted by atomic mass is 9.92. The highest BCUT2D eigenvalue weighted by Crippen LogP contribution is 2.34. The molecule has 1 amide bonds. The van der Waals surface area contributed by atoms with Gasteiger partial charge in [-0.15, -0.1) is 0 Å². The van der Waals surface area contributed by atoms with E-state index in [1.54, 1.807) is 0 Å². The third-order valence-corrected chi connectivity index (χ3v) is 5.76. The average molecular weight is 284 g/mol. The second-order valence-corrected chi connectivity index (χ2v) is 7.26. The molecule has 0 radical (unpaired) electrons. The van der Waals surface area contributed by atoms with Crippen LogP contribution in [0.3, 0.4) is 0 Å². The van der Waals surface area contributed by atoms with Crippen LogP contribution >= 0.6 is 11.8 Å². The van der Waals surface area contributed by atoms with Crippen LogP contribution in [0.2, 0.25) is 0 Å². The first-order valence-corrected chi connectivity index (χ1v) is 9.00. The molecule has 4 atom stereocenters. The summed E-state index contributed by atoms with van der Waals surface area (Å²) in [4.78, 5) is 14.9. The second-order valence-electron chi connectivity index (χ2n) is 6.18. The van der Waals surface area contributed by atoms with Crippen molar-refractivity contribution in [1.29, 1.82) is 0 Å². The average Bonchev–Trinajstić information content (AvgIpc) is 2.75. The summed E-state index contributed by atoms with van der Waals surface area (Å²) in [5.74, 6) is 0.718. The van der Waals surface area contributed by atoms with Gasteiger partial charge in [0.25, 0.3) is 0 Å². The molecule has 1 saturated heterocycles. The van der Waals surface area contributed by atoms with Crippen LogP contribution in [0.4, 0.5) is 0 Å². The fraction of sp³-hybridized carbons (Fsp3) is 0.933. The number of nitrogens with one attached hydrogen (secondary N) is 1. The number of carbonyl (C=O) groups is 1. The van der Waals surface area contributed by atoms with Gasteiger partial charge in [0, 0.05) is 11.3 Å². The molecule has 1 N–H and O–H groups in total. The zero-order chi connectivity index (χ0) is 14.0. The molecule has 2 fully saturated rings. The number of nitrogens with zero attached hydrogens (tertiary/aromatic N) is 1. The van der Waals surface area contributed by atoms with Gasteiger partial charge in [0.1, 0.15) is 0 Å². The highest BCUT2D eigenvalue weighted by molar-refractivity contribution is 7.99. The third kappa shape index (κ3) is 2.94. The van der Waals surface area contributed by atoms with Crippen LogP contribution in [0, 0.1) is 5.92 Å². The quantitative estimate of drug-likeness (QED) is 0.861. The molecule has 0 aromatic carbocycles. The summed E-state index contributed by atoms with van der Waals surface area (Å²) in [5.41, 5.74) is 0. The van der Waals surface area contributed by atoms with Crippen LogP contribution in [-0.2, 0) is 4.79 Å². The summed E-state index contributed by atoms with van der Waals surface area (Å²) >= 11 is 1.94. The Hall–Kier alpha value is -0.220. The SMILES string of the molecule is CCC1NC(C(C)C)C(=O)N1C1CCCCC1SC. The van der Waals surface area contributed by atoms with Crippen molar-refractivity contribution in [3.05, 3.63) is 0 Å². The van der Waals surface area contributed by atoms with E-state index in [-0.39, 0.29) is 12.2 Å². The fourth-order valence-electron chi connectivity index (χ4n) is 3.53. The van der Waals surface area contributed by atoms with Crippen LogP contribution in [-0.4, -0.2) is 40.6 Å². The number of hydrogen-bond donors (Lipinski definition) is 1. The van der Waals surface area contributed by atoms with E-state index >= 15 is 0 Å². The standard InChI is InChI=1S/C15H28N2OS/c1-5-13-16-14(10(2)3)15(18)17(13)11-8-6-7-9-12(11)19-4/h10-14,16H,5-9H2,1-4H3. The molecular weight excluding hydrogens is 256 g/mol. The lowest BCUT2D eigenvalue weighted by Gasteiger charge is -2.39. The van der Waals surface area contributed by atoms with Gasteiger partial charge < -0.3 is 4.90 Å². The van der Waals surface area contributed by atoms with Crippen LogP contribution in [0.15, 0.2) is 0 Å². The predicted molar refractivity (Wildman–Crippen MR) is 82.2 cm³/mol. The largest absolute Gasteiger partial charge is 0.322 e. The van der Waals surface area contributed by atoms with Crippen molar-refractivity contribution >= 4 is 17.7 Å². The summed E-state index contributed by atoms with van der Waals surface area (Å²) in [7, 11) is 0. The fourth-order valence-corrected chi connectivity index (χ4v) is 4.51. The van der Waals surface area contributed by atoms with Crippen LogP contribution in [0.25, 0.3) is 0 Å². The molecule has 4 unspecified atom stereocenters. The highest BCUT2D eigenvalue weighted by atomic mass is 32.2. The first kappa shape index (κ1) is 15.2. The number of thioether (sulfide) groups is 1. The number of carbonyl (C=O) groups excluding carboxylic acids is 1. The van der Waals surface area contributed by atoms with E-state index in [0.29, 0.717) is 23.1 Å². The lowest BCUT2D eigenvalue weighted by Crippen LogP contribution is -2.50. The monoisotopic (exact) mass is 284 g/mol. The van der Waals surface area contributed by atoms with E-state index in [1.165, 1.54) is 25.7 Å². The maximum atomic E-state index is 12.7. The molecule has 110 valence electrons. The summed E-state index contributed by atoms with van der Waals surface area (Å²) in [6, 6.07) is 0.465. The first-order chi connectivity index (χ1) is 9.10. The zero-order valence-electron chi connectivity index (χ0n) is 12.7. The van der Waals surface area contributed by atoms with Gasteiger partial charge >= 0.3 is 0 Å². The van der Waals surface area contributed by atoms with Crippen molar-refractivity contribution < 1.29 is 4.79 Å². The van der Waals surface area contributed by atoms with Gasteiger partial charge in [-0.25, -0.2) is 0 Å². The zero-order valence-corrected chi connectivity index (χ0v) is 13.5. The van der Waals surface area contributed by atoms with Crippen LogP contribution in [0.1, 0.15) is 52.9 Å². The van der Waals surface area contributed by atoms with E-state index in [2.05, 4.69) is 37.2 Å². The minimum atomic E-state index is 0.0226. The van der Waals surface area contributed by atoms with Crippen LogP contribution in [0.5, 0.6) is 0 Å². The molecule has 0 aromatic heterocycles. The second kappa shape index (κ2) is 6.49. The molecule has 2 aliphatic rings. The maximum Gasteiger partial charge on any atom is 0.241 e. The molecule has 19 heavy (non-hydrogen) atoms. The van der Waals surface area contributed by atoms with Crippen molar-refractivity contribution in [2.45, 2.75) is 76.4 Å². The molecule has 3 nitrogen and oxygen atoms in total. The van der Waals surface area contributed by atoms with Crippen molar-refractivity contribution in [2.75, 3.05) is 6.26 Å². The van der Waals surface area contributed by atoms with Gasteiger partial charge in [-0.1, -0.05) is 33.6 Å². The minimum Gasteiger partial charge on any atom is -0.322 e. The molecule has 4 heteroatoms. The number of amides is 1. The molecular formula is C15H28N2OS. The summed E-state index contributed by atoms with van der Waals surface area (Å²) in [6.07, 6.45) is 8.48. The third-order valence-electron chi connectivity index (χ3n) is 4.61. The van der Waals surface area contributed by atoms with Gasteiger partial charge in [0.2, 0.25) is 5.91 Å². The highest BCUT2D eigenvalue weighted by Gasteiger charge is 2.45. The van der Waals surface area contributed by atoms with Crippen molar-refractivity contribution in [3.63, 3.8) is 0 Å². The van der Waals surface area contributed by atoms with Crippen LogP contribution < -0.4 is 5.32 Å². The van der Waals surface area contributed by atoms with Crippen molar-refractivity contribution in [2.24, 2.45) is 5.92 Å². The summed E-state index contributed by atoms with van der Waals surface area (Å²) in [6.45, 7) is 6.45. The van der Waals surface area contributed by atoms with Crippen molar-refractivity contribution in [3.8, 4) is 0 Å². The Morgan fingerprint density at radius 2 is 2.05 bits per heavy atom. The van der Waals surface area contributed by atoms with Gasteiger partial charge in [0.15, 0.2) is 0 Å². The maximum absolute atomic E-state index is 12.7. The first-order valence-electron chi connectivity index (χ1n) is 7.71. The van der Waals surface area contributed by atoms with E-state index in [1.807, 2.05) is 11.8 Å². The molecule has 0 bridgehead atoms. The van der Waals surface area contributed by atoms with Gasteiger partial charge in [0.05, 0.1) is 12.2 Å². The summed E-state index contributed by atoms with van der Waals surface area (Å²) in [5, 5.41) is 4.17. The lowest BCUT2D eigenvalue weighted by molar-refractivity contribution is -0.133. The smallest absolute Gasteiger partial charge is 0.241 e. The van der Waals surface area contributed by atoms with E-state index in [0.717, 1.165) is 6.42 Å². The van der Waals surface area contributed by atoms with E-state index in [4.69, 9.17) is 0 Å². The molecule has 0 spiro atoms. The van der Waals surface area contributed by atoms with Crippen molar-refractivity contribution in [1.82, 2.24) is 10.2 Å². The molecule has 1 heterocycles. The normalized spacial score (nSPS) is 36.3. The Morgan fingerprint density at radius 3 is 2.63 bits per heavy atom. The molecule has 0 aromatic rings. The number of rotatable bonds is 4. The Balaban J connectivity index is 2.18. The Kier molecular flexibility index (Phi) is 5.18. The topological polar surface area (TPSA) is 32.3 Å². The Labute approximate surface area is 121 Å². The molecule has 2 rings (SSSR count). The molecule has 1 aliphatic carbocycles. The molecule has 1 saturated carbocycles. The van der Waals surface area contributed by atoms with Gasteiger partial charge in [-0.2, -0.15) is 11.8 Å². The van der Waals surface area contributed by atoms with E-state index < -0.39 is 0 Å². The Bertz CT molecular complexity index is 321. The van der Waals surface area contributed by atoms with E-state index in [9.17, 15) is 4.79 Å². The number of hydrogen-bond acceptors (Lipinski definition) is 3. The van der Waals surface area contributed by atoms with Gasteiger partial charge in [-0.3, -0.25) is 10.1 Å². The Morgan fingerprint density at radius 1 is 1.37 bits per heavy atom. The molecule has 1 aliphatic heterocycles. The summed E-state index contributed by atoms with van der Waals surface area (Å²) < 4.78 is 0. The minimum absolute atomic E-state index is 0.0226.